The number of hydrogen-bond acceptors (Lipinski definition) is 5. The van der Waals surface area contributed by atoms with Crippen LogP contribution in [0.3, 0.4) is 0 Å². The van der Waals surface area contributed by atoms with Crippen LogP contribution in [-0.4, -0.2) is 37.5 Å². The Labute approximate surface area is 179 Å². The molecule has 0 aliphatic carbocycles. The highest BCUT2D eigenvalue weighted by molar-refractivity contribution is 5.79. The van der Waals surface area contributed by atoms with Crippen molar-refractivity contribution >= 4 is 5.96 Å². The van der Waals surface area contributed by atoms with E-state index in [9.17, 15) is 0 Å². The third-order valence-corrected chi connectivity index (χ3v) is 5.40. The van der Waals surface area contributed by atoms with Crippen LogP contribution in [0.5, 0.6) is 0 Å². The number of nitrogens with one attached hydrogen (secondary N) is 2. The second kappa shape index (κ2) is 11.7. The van der Waals surface area contributed by atoms with E-state index >= 15 is 0 Å². The molecule has 0 spiro atoms. The number of aryl methyl sites for hydroxylation is 2. The number of guanidine groups is 1. The summed E-state index contributed by atoms with van der Waals surface area (Å²) in [6, 6.07) is 8.52. The fraction of sp³-hybridized carbons (Fsp3) is 0.565. The van der Waals surface area contributed by atoms with Crippen LogP contribution in [0.25, 0.3) is 0 Å². The van der Waals surface area contributed by atoms with Crippen molar-refractivity contribution < 1.29 is 14.0 Å². The first-order valence-corrected chi connectivity index (χ1v) is 10.9. The van der Waals surface area contributed by atoms with Crippen molar-refractivity contribution in [2.75, 3.05) is 20.3 Å². The molecule has 1 aromatic heterocycles. The molecule has 7 heteroatoms. The van der Waals surface area contributed by atoms with Crippen LogP contribution in [0.2, 0.25) is 0 Å². The highest BCUT2D eigenvalue weighted by Crippen LogP contribution is 2.16. The molecule has 0 radical (unpaired) electrons. The second-order valence-corrected chi connectivity index (χ2v) is 7.46. The van der Waals surface area contributed by atoms with Crippen molar-refractivity contribution in [3.63, 3.8) is 0 Å². The Morgan fingerprint density at radius 2 is 1.77 bits per heavy atom. The van der Waals surface area contributed by atoms with Crippen molar-refractivity contribution in [1.82, 2.24) is 15.8 Å². The topological polar surface area (TPSA) is 80.9 Å². The van der Waals surface area contributed by atoms with E-state index in [0.717, 1.165) is 61.9 Å². The average molecular weight is 415 g/mol. The fourth-order valence-electron chi connectivity index (χ4n) is 3.53. The molecule has 1 fully saturated rings. The predicted molar refractivity (Wildman–Crippen MR) is 117 cm³/mol. The van der Waals surface area contributed by atoms with E-state index in [2.05, 4.69) is 58.9 Å². The van der Waals surface area contributed by atoms with Gasteiger partial charge in [-0.05, 0) is 30.4 Å². The average Bonchev–Trinajstić information content (AvgIpc) is 3.21. The van der Waals surface area contributed by atoms with Crippen molar-refractivity contribution in [2.24, 2.45) is 4.99 Å². The summed E-state index contributed by atoms with van der Waals surface area (Å²) in [5.41, 5.74) is 4.53. The van der Waals surface area contributed by atoms with Gasteiger partial charge >= 0.3 is 0 Å². The van der Waals surface area contributed by atoms with E-state index in [0.29, 0.717) is 25.8 Å². The molecule has 2 aromatic rings. The Morgan fingerprint density at radius 1 is 1.07 bits per heavy atom. The summed E-state index contributed by atoms with van der Waals surface area (Å²) in [5.74, 6) is 1.69. The van der Waals surface area contributed by atoms with E-state index in [4.69, 9.17) is 14.0 Å². The van der Waals surface area contributed by atoms with Gasteiger partial charge in [-0.3, -0.25) is 4.99 Å². The van der Waals surface area contributed by atoms with Gasteiger partial charge in [-0.1, -0.05) is 43.3 Å². The minimum Gasteiger partial charge on any atom is -0.381 e. The Hall–Kier alpha value is -2.38. The number of rotatable bonds is 9. The van der Waals surface area contributed by atoms with Crippen molar-refractivity contribution in [1.29, 1.82) is 0 Å². The molecular weight excluding hydrogens is 380 g/mol. The quantitative estimate of drug-likeness (QED) is 0.484. The van der Waals surface area contributed by atoms with Gasteiger partial charge in [-0.2, -0.15) is 0 Å². The molecule has 0 saturated carbocycles. The van der Waals surface area contributed by atoms with Crippen LogP contribution in [0.15, 0.2) is 33.8 Å². The highest BCUT2D eigenvalue weighted by atomic mass is 16.5. The molecule has 30 heavy (non-hydrogen) atoms. The van der Waals surface area contributed by atoms with E-state index in [1.165, 1.54) is 11.1 Å². The minimum atomic E-state index is 0.321. The Kier molecular flexibility index (Phi) is 8.71. The van der Waals surface area contributed by atoms with Crippen LogP contribution in [0.1, 0.15) is 54.8 Å². The lowest BCUT2D eigenvalue weighted by molar-refractivity contribution is -0.0390. The maximum atomic E-state index is 5.99. The van der Waals surface area contributed by atoms with Gasteiger partial charge in [0, 0.05) is 45.3 Å². The molecule has 1 aromatic carbocycles. The first-order valence-electron chi connectivity index (χ1n) is 10.9. The zero-order chi connectivity index (χ0) is 21.2. The monoisotopic (exact) mass is 414 g/mol. The SMILES string of the molecule is CCc1noc(CC)c1CNC(=NC)NCc1ccc(COC2CCOCC2)cc1. The summed E-state index contributed by atoms with van der Waals surface area (Å²) in [5, 5.41) is 10.9. The number of aliphatic imine (C=N–C) groups is 1. The summed E-state index contributed by atoms with van der Waals surface area (Å²) in [4.78, 5) is 4.33. The van der Waals surface area contributed by atoms with Gasteiger partial charge in [-0.15, -0.1) is 0 Å². The van der Waals surface area contributed by atoms with Crippen LogP contribution in [0, 0.1) is 0 Å². The fourth-order valence-corrected chi connectivity index (χ4v) is 3.53. The van der Waals surface area contributed by atoms with Gasteiger partial charge in [0.2, 0.25) is 0 Å². The number of aromatic nitrogens is 1. The minimum absolute atomic E-state index is 0.321. The van der Waals surface area contributed by atoms with Gasteiger partial charge in [0.15, 0.2) is 5.96 Å². The normalized spacial score (nSPS) is 15.4. The Bertz CT molecular complexity index is 774. The molecule has 7 nitrogen and oxygen atoms in total. The van der Waals surface area contributed by atoms with Crippen molar-refractivity contribution in [3.05, 3.63) is 52.4 Å². The molecule has 2 N–H and O–H groups in total. The lowest BCUT2D eigenvalue weighted by Gasteiger charge is -2.22. The zero-order valence-electron chi connectivity index (χ0n) is 18.4. The largest absolute Gasteiger partial charge is 0.381 e. The Morgan fingerprint density at radius 3 is 2.43 bits per heavy atom. The van der Waals surface area contributed by atoms with E-state index in [1.54, 1.807) is 7.05 Å². The molecule has 0 atom stereocenters. The van der Waals surface area contributed by atoms with E-state index in [-0.39, 0.29) is 0 Å². The molecule has 0 bridgehead atoms. The summed E-state index contributed by atoms with van der Waals surface area (Å²) in [7, 11) is 1.78. The molecule has 1 saturated heterocycles. The summed E-state index contributed by atoms with van der Waals surface area (Å²) in [6.45, 7) is 7.78. The predicted octanol–water partition coefficient (Wildman–Crippen LogP) is 3.36. The van der Waals surface area contributed by atoms with Gasteiger partial charge in [-0.25, -0.2) is 0 Å². The third kappa shape index (κ3) is 6.31. The summed E-state index contributed by atoms with van der Waals surface area (Å²) >= 11 is 0. The van der Waals surface area contributed by atoms with Crippen LogP contribution in [0.4, 0.5) is 0 Å². The summed E-state index contributed by atoms with van der Waals surface area (Å²) < 4.78 is 16.8. The smallest absolute Gasteiger partial charge is 0.191 e. The first-order chi connectivity index (χ1) is 14.7. The lowest BCUT2D eigenvalue weighted by Crippen LogP contribution is -2.36. The van der Waals surface area contributed by atoms with Crippen molar-refractivity contribution in [2.45, 2.75) is 65.3 Å². The standard InChI is InChI=1S/C23H34N4O3/c1-4-21-20(22(5-2)30-27-21)15-26-23(24-3)25-14-17-6-8-18(9-7-17)16-29-19-10-12-28-13-11-19/h6-9,19H,4-5,10-16H2,1-3H3,(H2,24,25,26). The molecular formula is C23H34N4O3. The van der Waals surface area contributed by atoms with Gasteiger partial charge < -0.3 is 24.6 Å². The number of ether oxygens (including phenoxy) is 2. The molecule has 1 aliphatic rings. The maximum absolute atomic E-state index is 5.99. The van der Waals surface area contributed by atoms with Crippen molar-refractivity contribution in [3.8, 4) is 0 Å². The van der Waals surface area contributed by atoms with Crippen LogP contribution >= 0.6 is 0 Å². The number of nitrogens with zero attached hydrogens (tertiary/aromatic N) is 2. The molecule has 0 unspecified atom stereocenters. The van der Waals surface area contributed by atoms with Crippen LogP contribution in [-0.2, 0) is 42.0 Å². The second-order valence-electron chi connectivity index (χ2n) is 7.46. The van der Waals surface area contributed by atoms with Gasteiger partial charge in [0.25, 0.3) is 0 Å². The molecule has 1 aliphatic heterocycles. The van der Waals surface area contributed by atoms with Crippen LogP contribution < -0.4 is 10.6 Å². The maximum Gasteiger partial charge on any atom is 0.191 e. The summed E-state index contributed by atoms with van der Waals surface area (Å²) in [6.07, 6.45) is 3.99. The number of hydrogen-bond donors (Lipinski definition) is 2. The number of benzene rings is 1. The van der Waals surface area contributed by atoms with Gasteiger partial charge in [0.05, 0.1) is 18.4 Å². The zero-order valence-corrected chi connectivity index (χ0v) is 18.4. The first kappa shape index (κ1) is 22.3. The highest BCUT2D eigenvalue weighted by Gasteiger charge is 2.15. The van der Waals surface area contributed by atoms with E-state index < -0.39 is 0 Å². The molecule has 2 heterocycles. The Balaban J connectivity index is 1.45. The molecule has 0 amide bonds. The molecule has 3 rings (SSSR count). The molecule has 164 valence electrons. The lowest BCUT2D eigenvalue weighted by atomic mass is 10.1. The third-order valence-electron chi connectivity index (χ3n) is 5.40. The van der Waals surface area contributed by atoms with E-state index in [1.807, 2.05) is 0 Å². The van der Waals surface area contributed by atoms with Gasteiger partial charge in [0.1, 0.15) is 5.76 Å².